The van der Waals surface area contributed by atoms with Gasteiger partial charge >= 0.3 is 35.2 Å². The van der Waals surface area contributed by atoms with Crippen molar-refractivity contribution in [1.29, 1.82) is 0 Å². The van der Waals surface area contributed by atoms with Gasteiger partial charge in [0.1, 0.15) is 0 Å². The average molecular weight is 855 g/mol. The van der Waals surface area contributed by atoms with Crippen molar-refractivity contribution in [2.45, 2.75) is 83.1 Å². The molecule has 0 N–H and O–H groups in total. The van der Waals surface area contributed by atoms with E-state index in [4.69, 9.17) is 53.1 Å². The lowest BCUT2D eigenvalue weighted by Crippen LogP contribution is -2.59. The van der Waals surface area contributed by atoms with Crippen LogP contribution < -0.4 is 20.7 Å². The fraction of sp³-hybridized carbons (Fsp3) is 0.600. The Morgan fingerprint density at radius 1 is 0.250 bits per heavy atom. The zero-order chi connectivity index (χ0) is 41.5. The largest absolute Gasteiger partial charge is 0.537 e. The Kier molecular flexibility index (Phi) is 23.8. The number of hydrogen-bond acceptors (Lipinski definition) is 12. The Hall–Kier alpha value is -1.69. The molecule has 16 heteroatoms. The zero-order valence-corrected chi connectivity index (χ0v) is 40.2. The number of benzene rings is 3. The highest BCUT2D eigenvalue weighted by Gasteiger charge is 2.47. The second-order valence-corrected chi connectivity index (χ2v) is 22.0. The highest BCUT2D eigenvalue weighted by atomic mass is 28.4. The summed E-state index contributed by atoms with van der Waals surface area (Å²) >= 11 is 0. The van der Waals surface area contributed by atoms with E-state index in [2.05, 4.69) is 24.3 Å². The molecule has 0 bridgehead atoms. The molecule has 3 aromatic rings. The summed E-state index contributed by atoms with van der Waals surface area (Å²) in [6.45, 7) is 29.9. The third kappa shape index (κ3) is 13.2. The van der Waals surface area contributed by atoms with Gasteiger partial charge in [-0.2, -0.15) is 0 Å². The lowest BCUT2D eigenvalue weighted by Gasteiger charge is -2.30. The molecule has 0 amide bonds. The second-order valence-electron chi connectivity index (χ2n) is 11.8. The molecule has 0 aliphatic heterocycles. The van der Waals surface area contributed by atoms with Crippen LogP contribution in [0.5, 0.6) is 0 Å². The monoisotopic (exact) mass is 854 g/mol. The molecule has 0 radical (unpaired) electrons. The Labute approximate surface area is 341 Å². The highest BCUT2D eigenvalue weighted by molar-refractivity contribution is 6.77. The minimum atomic E-state index is -2.94. The maximum atomic E-state index is 6.06. The lowest BCUT2D eigenvalue weighted by atomic mass is 10.1. The summed E-state index contributed by atoms with van der Waals surface area (Å²) in [5.41, 5.74) is 0. The summed E-state index contributed by atoms with van der Waals surface area (Å²) in [7, 11) is -11.7. The van der Waals surface area contributed by atoms with Gasteiger partial charge in [-0.15, -0.1) is 0 Å². The van der Waals surface area contributed by atoms with E-state index in [9.17, 15) is 0 Å². The molecule has 0 atom stereocenters. The summed E-state index contributed by atoms with van der Waals surface area (Å²) in [6, 6.07) is 20.4. The highest BCUT2D eigenvalue weighted by Crippen LogP contribution is 2.20. The molecule has 0 saturated carbocycles. The first kappa shape index (κ1) is 50.5. The van der Waals surface area contributed by atoms with E-state index in [1.165, 1.54) is 0 Å². The first-order valence-corrected chi connectivity index (χ1v) is 27.3. The summed E-state index contributed by atoms with van der Waals surface area (Å²) in [4.78, 5) is 0. The summed E-state index contributed by atoms with van der Waals surface area (Å²) in [6.07, 6.45) is 0. The fourth-order valence-corrected chi connectivity index (χ4v) is 16.2. The van der Waals surface area contributed by atoms with E-state index >= 15 is 0 Å². The summed E-state index contributed by atoms with van der Waals surface area (Å²) in [5.74, 6) is 0. The van der Waals surface area contributed by atoms with Crippen LogP contribution in [0.25, 0.3) is 10.8 Å². The Morgan fingerprint density at radius 3 is 0.589 bits per heavy atom. The molecule has 0 fully saturated rings. The number of rotatable bonds is 28. The molecule has 0 heterocycles. The van der Waals surface area contributed by atoms with Crippen LogP contribution in [0, 0.1) is 0 Å². The van der Waals surface area contributed by atoms with E-state index in [-0.39, 0.29) is 0 Å². The van der Waals surface area contributed by atoms with Crippen molar-refractivity contribution in [3.05, 3.63) is 60.7 Å². The van der Waals surface area contributed by atoms with Crippen molar-refractivity contribution < 1.29 is 53.1 Å². The van der Waals surface area contributed by atoms with Crippen molar-refractivity contribution in [2.24, 2.45) is 0 Å². The normalized spacial score (nSPS) is 12.6. The van der Waals surface area contributed by atoms with Gasteiger partial charge in [0.05, 0.1) is 0 Å². The molecule has 318 valence electrons. The molecule has 0 unspecified atom stereocenters. The van der Waals surface area contributed by atoms with Gasteiger partial charge in [0.2, 0.25) is 0 Å². The Morgan fingerprint density at radius 2 is 0.411 bits per heavy atom. The van der Waals surface area contributed by atoms with Gasteiger partial charge in [0.15, 0.2) is 0 Å². The van der Waals surface area contributed by atoms with Crippen LogP contribution in [0.4, 0.5) is 0 Å². The molecule has 12 nitrogen and oxygen atoms in total. The minimum Gasteiger partial charge on any atom is -0.370 e. The van der Waals surface area contributed by atoms with Crippen molar-refractivity contribution >= 4 is 66.7 Å². The smallest absolute Gasteiger partial charge is 0.370 e. The van der Waals surface area contributed by atoms with Crippen LogP contribution in [0.2, 0.25) is 0 Å². The molecule has 56 heavy (non-hydrogen) atoms. The quantitative estimate of drug-likeness (QED) is 0.0856. The van der Waals surface area contributed by atoms with E-state index in [1.54, 1.807) is 0 Å². The summed E-state index contributed by atoms with van der Waals surface area (Å²) in [5, 5.41) is 5.96. The van der Waals surface area contributed by atoms with Crippen LogP contribution in [0.15, 0.2) is 60.7 Å². The van der Waals surface area contributed by atoms with Crippen LogP contribution >= 0.6 is 0 Å². The van der Waals surface area contributed by atoms with Gasteiger partial charge in [-0.1, -0.05) is 48.5 Å². The zero-order valence-electron chi connectivity index (χ0n) is 36.2. The first-order chi connectivity index (χ1) is 27.1. The van der Waals surface area contributed by atoms with Crippen LogP contribution in [0.3, 0.4) is 0 Å². The van der Waals surface area contributed by atoms with Crippen LogP contribution in [-0.4, -0.2) is 115 Å². The fourth-order valence-electron chi connectivity index (χ4n) is 6.29. The standard InChI is InChI=1S/C22H36O6Si2.C18H34O6Si2/c1-7-23-29(24-8-2,25-9-3)21-15-13-20-18-22(16-14-19(20)17-21)30(26-10-4,27-11-5)28-12-6;1-7-19-25(20-8-2,21-9-3)17-13-15-18(16-14-17)26(22-10-4,23-11-5)24-12-6/h13-18H,7-12H2,1-6H3;13-16H,7-12H2,1-6H3. The van der Waals surface area contributed by atoms with E-state index in [0.717, 1.165) is 31.5 Å². The van der Waals surface area contributed by atoms with Gasteiger partial charge in [-0.05, 0) is 106 Å². The van der Waals surface area contributed by atoms with Crippen molar-refractivity contribution in [1.82, 2.24) is 0 Å². The predicted molar refractivity (Wildman–Crippen MR) is 231 cm³/mol. The van der Waals surface area contributed by atoms with Gasteiger partial charge in [0, 0.05) is 100 Å². The van der Waals surface area contributed by atoms with Gasteiger partial charge < -0.3 is 53.1 Å². The second kappa shape index (κ2) is 26.4. The SMILES string of the molecule is CCO[Si](OCC)(OCC)c1ccc([Si](OCC)(OCC)OCC)cc1.CCO[Si](OCC)(OCC)c1ccc2cc([Si](OCC)(OCC)OCC)ccc2c1. The average Bonchev–Trinajstić information content (AvgIpc) is 3.19. The number of hydrogen-bond donors (Lipinski definition) is 0. The molecule has 0 saturated heterocycles. The minimum absolute atomic E-state index is 0.531. The molecular weight excluding hydrogens is 785 g/mol. The molecule has 3 rings (SSSR count). The molecule has 0 aromatic heterocycles. The van der Waals surface area contributed by atoms with Crippen LogP contribution in [-0.2, 0) is 53.1 Å². The summed E-state index contributed by atoms with van der Waals surface area (Å²) < 4.78 is 72.2. The molecule has 0 spiro atoms. The third-order valence-electron chi connectivity index (χ3n) is 8.15. The first-order valence-electron chi connectivity index (χ1n) is 20.4. The third-order valence-corrected chi connectivity index (χ3v) is 20.3. The maximum Gasteiger partial charge on any atom is 0.537 e. The van der Waals surface area contributed by atoms with Crippen molar-refractivity contribution in [3.8, 4) is 0 Å². The van der Waals surface area contributed by atoms with Crippen molar-refractivity contribution in [3.63, 3.8) is 0 Å². The topological polar surface area (TPSA) is 111 Å². The predicted octanol–water partition coefficient (Wildman–Crippen LogP) is 5.55. The van der Waals surface area contributed by atoms with E-state index < -0.39 is 35.2 Å². The van der Waals surface area contributed by atoms with E-state index in [1.807, 2.05) is 119 Å². The molecule has 0 aliphatic rings. The van der Waals surface area contributed by atoms with Crippen molar-refractivity contribution in [2.75, 3.05) is 79.3 Å². The van der Waals surface area contributed by atoms with Gasteiger partial charge in [-0.25, -0.2) is 0 Å². The molecular formula is C40H70O12Si4. The Bertz CT molecular complexity index is 1320. The van der Waals surface area contributed by atoms with Gasteiger partial charge in [0.25, 0.3) is 0 Å². The van der Waals surface area contributed by atoms with Gasteiger partial charge in [-0.3, -0.25) is 0 Å². The maximum absolute atomic E-state index is 6.06. The molecule has 0 aliphatic carbocycles. The Balaban J connectivity index is 0.000000391. The van der Waals surface area contributed by atoms with Crippen LogP contribution in [0.1, 0.15) is 83.1 Å². The number of fused-ring (bicyclic) bond motifs is 1. The molecule has 3 aromatic carbocycles. The van der Waals surface area contributed by atoms with E-state index in [0.29, 0.717) is 79.3 Å². The lowest BCUT2D eigenvalue weighted by molar-refractivity contribution is 0.0845.